The van der Waals surface area contributed by atoms with Crippen molar-refractivity contribution in [3.8, 4) is 0 Å². The van der Waals surface area contributed by atoms with Crippen LogP contribution in [0.1, 0.15) is 13.8 Å². The quantitative estimate of drug-likeness (QED) is 0.629. The molecule has 0 aromatic carbocycles. The molecule has 2 atom stereocenters. The lowest BCUT2D eigenvalue weighted by Gasteiger charge is -2.19. The molecule has 3 N–H and O–H groups in total. The molecule has 0 aromatic heterocycles. The van der Waals surface area contributed by atoms with Crippen LogP contribution in [0.15, 0.2) is 0 Å². The third-order valence-electron chi connectivity index (χ3n) is 2.26. The van der Waals surface area contributed by atoms with Crippen molar-refractivity contribution in [1.82, 2.24) is 10.6 Å². The molecule has 0 radical (unpaired) electrons. The lowest BCUT2D eigenvalue weighted by Crippen LogP contribution is -2.51. The average Bonchev–Trinajstić information content (AvgIpc) is 2.65. The van der Waals surface area contributed by atoms with Gasteiger partial charge in [0.05, 0.1) is 6.04 Å². The van der Waals surface area contributed by atoms with Gasteiger partial charge in [0, 0.05) is 11.6 Å². The first-order chi connectivity index (χ1) is 7.02. The van der Waals surface area contributed by atoms with E-state index in [1.807, 2.05) is 0 Å². The second-order valence-electron chi connectivity index (χ2n) is 3.84. The van der Waals surface area contributed by atoms with E-state index in [2.05, 4.69) is 10.6 Å². The van der Waals surface area contributed by atoms with Crippen molar-refractivity contribution in [2.75, 3.05) is 11.6 Å². The van der Waals surface area contributed by atoms with Gasteiger partial charge in [-0.1, -0.05) is 13.8 Å². The van der Waals surface area contributed by atoms with Crippen molar-refractivity contribution in [1.29, 1.82) is 0 Å². The Hall–Kier alpha value is -0.750. The first kappa shape index (κ1) is 12.3. The third-order valence-corrected chi connectivity index (χ3v) is 3.20. The van der Waals surface area contributed by atoms with Crippen molar-refractivity contribution in [3.63, 3.8) is 0 Å². The lowest BCUT2D eigenvalue weighted by atomic mass is 10.0. The molecule has 0 aliphatic carbocycles. The monoisotopic (exact) mass is 232 g/mol. The van der Waals surface area contributed by atoms with Gasteiger partial charge in [0.1, 0.15) is 6.04 Å². The van der Waals surface area contributed by atoms with Gasteiger partial charge in [-0.05, 0) is 5.92 Å². The zero-order valence-electron chi connectivity index (χ0n) is 8.82. The highest BCUT2D eigenvalue weighted by Gasteiger charge is 2.28. The highest BCUT2D eigenvalue weighted by atomic mass is 32.2. The fourth-order valence-corrected chi connectivity index (χ4v) is 2.27. The largest absolute Gasteiger partial charge is 0.480 e. The number of aliphatic carboxylic acids is 1. The van der Waals surface area contributed by atoms with E-state index in [0.29, 0.717) is 5.75 Å². The van der Waals surface area contributed by atoms with Crippen LogP contribution in [0.5, 0.6) is 0 Å². The van der Waals surface area contributed by atoms with Gasteiger partial charge in [0.2, 0.25) is 5.91 Å². The normalized spacial score (nSPS) is 22.7. The summed E-state index contributed by atoms with van der Waals surface area (Å²) in [6, 6.07) is -1.06. The molecule has 1 unspecified atom stereocenters. The van der Waals surface area contributed by atoms with Gasteiger partial charge in [0.25, 0.3) is 0 Å². The number of carbonyl (C=O) groups is 2. The molecule has 1 heterocycles. The summed E-state index contributed by atoms with van der Waals surface area (Å²) >= 11 is 1.64. The van der Waals surface area contributed by atoms with Crippen LogP contribution in [0.3, 0.4) is 0 Å². The van der Waals surface area contributed by atoms with E-state index in [9.17, 15) is 9.59 Å². The van der Waals surface area contributed by atoms with Crippen molar-refractivity contribution in [3.05, 3.63) is 0 Å². The van der Waals surface area contributed by atoms with Gasteiger partial charge in [-0.2, -0.15) is 0 Å². The Morgan fingerprint density at radius 2 is 2.20 bits per heavy atom. The van der Waals surface area contributed by atoms with E-state index in [4.69, 9.17) is 5.11 Å². The number of amides is 1. The Bertz CT molecular complexity index is 252. The van der Waals surface area contributed by atoms with Crippen LogP contribution in [-0.2, 0) is 9.59 Å². The molecule has 0 aromatic rings. The number of carboxylic acid groups (broad SMARTS) is 1. The van der Waals surface area contributed by atoms with Crippen LogP contribution in [0.4, 0.5) is 0 Å². The summed E-state index contributed by atoms with van der Waals surface area (Å²) in [7, 11) is 0. The van der Waals surface area contributed by atoms with E-state index in [-0.39, 0.29) is 17.9 Å². The first-order valence-corrected chi connectivity index (χ1v) is 6.02. The number of nitrogens with one attached hydrogen (secondary N) is 2. The van der Waals surface area contributed by atoms with Crippen LogP contribution in [0, 0.1) is 5.92 Å². The molecule has 1 aliphatic rings. The minimum Gasteiger partial charge on any atom is -0.480 e. The molecule has 6 heteroatoms. The molecule has 0 saturated carbocycles. The molecule has 1 rings (SSSR count). The summed E-state index contributed by atoms with van der Waals surface area (Å²) in [5.41, 5.74) is 0. The van der Waals surface area contributed by atoms with Crippen LogP contribution < -0.4 is 10.6 Å². The van der Waals surface area contributed by atoms with Gasteiger partial charge in [-0.25, -0.2) is 4.79 Å². The van der Waals surface area contributed by atoms with E-state index in [1.54, 1.807) is 25.6 Å². The van der Waals surface area contributed by atoms with Crippen molar-refractivity contribution >= 4 is 23.6 Å². The van der Waals surface area contributed by atoms with Crippen LogP contribution in [-0.4, -0.2) is 40.7 Å². The highest BCUT2D eigenvalue weighted by molar-refractivity contribution is 7.99. The van der Waals surface area contributed by atoms with Gasteiger partial charge in [0.15, 0.2) is 0 Å². The Morgan fingerprint density at radius 3 is 2.60 bits per heavy atom. The molecule has 1 amide bonds. The molecule has 0 spiro atoms. The van der Waals surface area contributed by atoms with E-state index < -0.39 is 12.0 Å². The number of rotatable bonds is 4. The maximum atomic E-state index is 11.6. The molecule has 1 fully saturated rings. The minimum absolute atomic E-state index is 0.111. The van der Waals surface area contributed by atoms with Crippen LogP contribution >= 0.6 is 11.8 Å². The summed E-state index contributed by atoms with van der Waals surface area (Å²) in [4.78, 5) is 22.5. The highest BCUT2D eigenvalue weighted by Crippen LogP contribution is 2.10. The number of carbonyl (C=O) groups excluding carboxylic acids is 1. The Balaban J connectivity index is 2.50. The Labute approximate surface area is 93.0 Å². The molecule has 0 bridgehead atoms. The maximum absolute atomic E-state index is 11.6. The molecule has 15 heavy (non-hydrogen) atoms. The Morgan fingerprint density at radius 1 is 1.53 bits per heavy atom. The number of hydrogen-bond donors (Lipinski definition) is 3. The van der Waals surface area contributed by atoms with Gasteiger partial charge < -0.3 is 10.4 Å². The van der Waals surface area contributed by atoms with Crippen LogP contribution in [0.25, 0.3) is 0 Å². The van der Waals surface area contributed by atoms with Crippen molar-refractivity contribution < 1.29 is 14.7 Å². The topological polar surface area (TPSA) is 78.4 Å². The van der Waals surface area contributed by atoms with Crippen molar-refractivity contribution in [2.45, 2.75) is 25.9 Å². The van der Waals surface area contributed by atoms with E-state index in [1.165, 1.54) is 0 Å². The van der Waals surface area contributed by atoms with Gasteiger partial charge in [-0.15, -0.1) is 11.8 Å². The number of thioether (sulfide) groups is 1. The third kappa shape index (κ3) is 3.39. The molecular weight excluding hydrogens is 216 g/mol. The predicted octanol–water partition coefficient (Wildman–Crippen LogP) is -0.126. The zero-order valence-corrected chi connectivity index (χ0v) is 9.63. The van der Waals surface area contributed by atoms with Crippen LogP contribution in [0.2, 0.25) is 0 Å². The molecule has 5 nitrogen and oxygen atoms in total. The first-order valence-electron chi connectivity index (χ1n) is 4.86. The SMILES string of the molecule is CC(C)[C@H](NC(=O)C1CSCN1)C(=O)O. The second-order valence-corrected chi connectivity index (χ2v) is 4.87. The summed E-state index contributed by atoms with van der Waals surface area (Å²) in [6.45, 7) is 3.55. The predicted molar refractivity (Wildman–Crippen MR) is 58.7 cm³/mol. The summed E-state index contributed by atoms with van der Waals surface area (Å²) < 4.78 is 0. The average molecular weight is 232 g/mol. The summed E-state index contributed by atoms with van der Waals surface area (Å²) in [6.07, 6.45) is 0. The Kier molecular flexibility index (Phi) is 4.41. The lowest BCUT2D eigenvalue weighted by molar-refractivity contribution is -0.143. The molecule has 1 saturated heterocycles. The minimum atomic E-state index is -0.982. The second kappa shape index (κ2) is 5.37. The van der Waals surface area contributed by atoms with Gasteiger partial charge >= 0.3 is 5.97 Å². The van der Waals surface area contributed by atoms with E-state index >= 15 is 0 Å². The maximum Gasteiger partial charge on any atom is 0.326 e. The number of carboxylic acids is 1. The standard InChI is InChI=1S/C9H16N2O3S/c1-5(2)7(9(13)14)11-8(12)6-3-15-4-10-6/h5-7,10H,3-4H2,1-2H3,(H,11,12)(H,13,14)/t6?,7-/m0/s1. The zero-order chi connectivity index (χ0) is 11.4. The fraction of sp³-hybridized carbons (Fsp3) is 0.778. The molecular formula is C9H16N2O3S. The summed E-state index contributed by atoms with van der Waals surface area (Å²) in [5.74, 6) is 0.138. The van der Waals surface area contributed by atoms with Crippen molar-refractivity contribution in [2.24, 2.45) is 5.92 Å². The fourth-order valence-electron chi connectivity index (χ4n) is 1.33. The smallest absolute Gasteiger partial charge is 0.326 e. The number of hydrogen-bond acceptors (Lipinski definition) is 4. The molecule has 1 aliphatic heterocycles. The molecule has 86 valence electrons. The summed E-state index contributed by atoms with van der Waals surface area (Å²) in [5, 5.41) is 14.4. The van der Waals surface area contributed by atoms with Gasteiger partial charge in [-0.3, -0.25) is 10.1 Å². The van der Waals surface area contributed by atoms with E-state index in [0.717, 1.165) is 5.88 Å².